The summed E-state index contributed by atoms with van der Waals surface area (Å²) in [6.45, 7) is 5.79. The quantitative estimate of drug-likeness (QED) is 0.775. The third-order valence-electron chi connectivity index (χ3n) is 4.16. The number of hydrogen-bond donors (Lipinski definition) is 1. The number of aromatic nitrogens is 2. The average molecular weight is 280 g/mol. The number of carbonyl (C=O) groups is 1. The first-order chi connectivity index (χ1) is 9.59. The molecule has 1 aliphatic heterocycles. The predicted molar refractivity (Wildman–Crippen MR) is 76.2 cm³/mol. The van der Waals surface area contributed by atoms with Gasteiger partial charge in [0.2, 0.25) is 0 Å². The molecule has 1 atom stereocenters. The maximum Gasteiger partial charge on any atom is 0.325 e. The molecule has 1 unspecified atom stereocenters. The summed E-state index contributed by atoms with van der Waals surface area (Å²) < 4.78 is 7.05. The van der Waals surface area contributed by atoms with Gasteiger partial charge in [-0.15, -0.1) is 0 Å². The lowest BCUT2D eigenvalue weighted by molar-refractivity contribution is -0.148. The number of carbonyl (C=O) groups excluding carboxylic acids is 1. The van der Waals surface area contributed by atoms with Crippen LogP contribution in [0.25, 0.3) is 0 Å². The minimum atomic E-state index is -0.594. The normalized spacial score (nSPS) is 18.4. The first kappa shape index (κ1) is 15.0. The zero-order valence-corrected chi connectivity index (χ0v) is 12.6. The van der Waals surface area contributed by atoms with Gasteiger partial charge in [-0.2, -0.15) is 0 Å². The average Bonchev–Trinajstić information content (AvgIpc) is 2.93. The van der Waals surface area contributed by atoms with Crippen molar-refractivity contribution in [1.29, 1.82) is 0 Å². The SMILES string of the molecule is CNC(C)(CCCN1CCn2ccnc2C1)C(=O)OC. The molecule has 0 saturated heterocycles. The number of rotatable bonds is 6. The fraction of sp³-hybridized carbons (Fsp3) is 0.714. The standard InChI is InChI=1S/C14H24N4O2/c1-14(15-2,13(19)20-3)5-4-7-17-9-10-18-8-6-16-12(18)11-17/h6,8,15H,4-5,7,9-11H2,1-3H3. The summed E-state index contributed by atoms with van der Waals surface area (Å²) in [5.41, 5.74) is -0.594. The number of methoxy groups -OCH3 is 1. The monoisotopic (exact) mass is 280 g/mol. The molecule has 0 fully saturated rings. The highest BCUT2D eigenvalue weighted by Gasteiger charge is 2.32. The van der Waals surface area contributed by atoms with E-state index in [1.54, 1.807) is 7.05 Å². The van der Waals surface area contributed by atoms with Crippen molar-refractivity contribution in [3.05, 3.63) is 18.2 Å². The highest BCUT2D eigenvalue weighted by atomic mass is 16.5. The third kappa shape index (κ3) is 3.19. The molecule has 2 rings (SSSR count). The number of nitrogens with zero attached hydrogens (tertiary/aromatic N) is 3. The Bertz CT molecular complexity index is 460. The number of esters is 1. The highest BCUT2D eigenvalue weighted by Crippen LogP contribution is 2.16. The van der Waals surface area contributed by atoms with Crippen molar-refractivity contribution in [2.45, 2.75) is 38.4 Å². The van der Waals surface area contributed by atoms with Crippen LogP contribution in [0.5, 0.6) is 0 Å². The number of fused-ring (bicyclic) bond motifs is 1. The van der Waals surface area contributed by atoms with Crippen LogP contribution < -0.4 is 5.32 Å². The Morgan fingerprint density at radius 3 is 3.05 bits per heavy atom. The van der Waals surface area contributed by atoms with Gasteiger partial charge in [0.1, 0.15) is 11.4 Å². The Kier molecular flexibility index (Phi) is 4.77. The van der Waals surface area contributed by atoms with E-state index in [0.29, 0.717) is 0 Å². The Balaban J connectivity index is 1.80. The molecule has 0 bridgehead atoms. The lowest BCUT2D eigenvalue weighted by Crippen LogP contribution is -2.48. The van der Waals surface area contributed by atoms with E-state index >= 15 is 0 Å². The van der Waals surface area contributed by atoms with Crippen molar-refractivity contribution < 1.29 is 9.53 Å². The van der Waals surface area contributed by atoms with E-state index < -0.39 is 5.54 Å². The van der Waals surface area contributed by atoms with Gasteiger partial charge in [-0.05, 0) is 33.4 Å². The molecule has 0 amide bonds. The van der Waals surface area contributed by atoms with E-state index in [9.17, 15) is 4.79 Å². The van der Waals surface area contributed by atoms with Crippen LogP contribution in [0, 0.1) is 0 Å². The fourth-order valence-corrected chi connectivity index (χ4v) is 2.62. The predicted octanol–water partition coefficient (Wildman–Crippen LogP) is 0.630. The number of likely N-dealkylation sites (N-methyl/N-ethyl adjacent to an activating group) is 1. The molecule has 2 heterocycles. The molecule has 0 radical (unpaired) electrons. The van der Waals surface area contributed by atoms with Crippen molar-refractivity contribution >= 4 is 5.97 Å². The second-order valence-electron chi connectivity index (χ2n) is 5.49. The highest BCUT2D eigenvalue weighted by molar-refractivity contribution is 5.80. The maximum atomic E-state index is 11.8. The van der Waals surface area contributed by atoms with Gasteiger partial charge in [0, 0.05) is 25.5 Å². The van der Waals surface area contributed by atoms with Crippen molar-refractivity contribution in [2.24, 2.45) is 0 Å². The third-order valence-corrected chi connectivity index (χ3v) is 4.16. The van der Waals surface area contributed by atoms with E-state index in [4.69, 9.17) is 4.74 Å². The second kappa shape index (κ2) is 6.37. The van der Waals surface area contributed by atoms with Gasteiger partial charge in [0.05, 0.1) is 13.7 Å². The number of ether oxygens (including phenoxy) is 1. The zero-order chi connectivity index (χ0) is 14.6. The molecule has 0 aliphatic carbocycles. The summed E-state index contributed by atoms with van der Waals surface area (Å²) in [7, 11) is 3.23. The van der Waals surface area contributed by atoms with Crippen molar-refractivity contribution in [1.82, 2.24) is 19.8 Å². The van der Waals surface area contributed by atoms with Crippen LogP contribution in [0.3, 0.4) is 0 Å². The number of imidazole rings is 1. The van der Waals surface area contributed by atoms with Crippen molar-refractivity contribution in [3.8, 4) is 0 Å². The van der Waals surface area contributed by atoms with E-state index in [1.807, 2.05) is 19.3 Å². The van der Waals surface area contributed by atoms with E-state index in [2.05, 4.69) is 19.8 Å². The van der Waals surface area contributed by atoms with Crippen LogP contribution in [0.4, 0.5) is 0 Å². The van der Waals surface area contributed by atoms with Crippen LogP contribution in [0.2, 0.25) is 0 Å². The maximum absolute atomic E-state index is 11.8. The Morgan fingerprint density at radius 1 is 1.55 bits per heavy atom. The molecule has 1 aromatic rings. The first-order valence-corrected chi connectivity index (χ1v) is 7.09. The molecule has 0 spiro atoms. The lowest BCUT2D eigenvalue weighted by atomic mass is 9.96. The fourth-order valence-electron chi connectivity index (χ4n) is 2.62. The summed E-state index contributed by atoms with van der Waals surface area (Å²) in [4.78, 5) is 18.5. The topological polar surface area (TPSA) is 59.4 Å². The van der Waals surface area contributed by atoms with Gasteiger partial charge >= 0.3 is 5.97 Å². The molecular weight excluding hydrogens is 256 g/mol. The molecule has 112 valence electrons. The Morgan fingerprint density at radius 2 is 2.35 bits per heavy atom. The summed E-state index contributed by atoms with van der Waals surface area (Å²) in [5, 5.41) is 3.07. The summed E-state index contributed by atoms with van der Waals surface area (Å²) in [5.74, 6) is 0.926. The van der Waals surface area contributed by atoms with Gasteiger partial charge in [0.25, 0.3) is 0 Å². The number of hydrogen-bond acceptors (Lipinski definition) is 5. The molecule has 1 aliphatic rings. The van der Waals surface area contributed by atoms with Gasteiger partial charge in [-0.3, -0.25) is 9.69 Å². The first-order valence-electron chi connectivity index (χ1n) is 7.09. The van der Waals surface area contributed by atoms with Crippen LogP contribution in [-0.4, -0.2) is 53.2 Å². The van der Waals surface area contributed by atoms with E-state index in [-0.39, 0.29) is 5.97 Å². The molecule has 6 heteroatoms. The van der Waals surface area contributed by atoms with E-state index in [0.717, 1.165) is 44.8 Å². The molecule has 0 aromatic carbocycles. The van der Waals surface area contributed by atoms with Crippen LogP contribution >= 0.6 is 0 Å². The minimum Gasteiger partial charge on any atom is -0.468 e. The summed E-state index contributed by atoms with van der Waals surface area (Å²) in [6, 6.07) is 0. The minimum absolute atomic E-state index is 0.200. The van der Waals surface area contributed by atoms with Gasteiger partial charge < -0.3 is 14.6 Å². The largest absolute Gasteiger partial charge is 0.468 e. The number of nitrogens with one attached hydrogen (secondary N) is 1. The van der Waals surface area contributed by atoms with E-state index in [1.165, 1.54) is 7.11 Å². The Hall–Kier alpha value is -1.40. The molecule has 1 N–H and O–H groups in total. The molecule has 0 saturated carbocycles. The molecule has 1 aromatic heterocycles. The van der Waals surface area contributed by atoms with Crippen molar-refractivity contribution in [3.63, 3.8) is 0 Å². The summed E-state index contributed by atoms with van der Waals surface area (Å²) >= 11 is 0. The summed E-state index contributed by atoms with van der Waals surface area (Å²) in [6.07, 6.45) is 5.60. The Labute approximate surface area is 120 Å². The van der Waals surface area contributed by atoms with Crippen LogP contribution in [-0.2, 0) is 22.6 Å². The van der Waals surface area contributed by atoms with Crippen molar-refractivity contribution in [2.75, 3.05) is 27.2 Å². The smallest absolute Gasteiger partial charge is 0.325 e. The molecule has 20 heavy (non-hydrogen) atoms. The van der Waals surface area contributed by atoms with Crippen LogP contribution in [0.15, 0.2) is 12.4 Å². The van der Waals surface area contributed by atoms with Gasteiger partial charge in [0.15, 0.2) is 0 Å². The zero-order valence-electron chi connectivity index (χ0n) is 12.6. The van der Waals surface area contributed by atoms with Crippen LogP contribution in [0.1, 0.15) is 25.6 Å². The second-order valence-corrected chi connectivity index (χ2v) is 5.49. The molecular formula is C14H24N4O2. The molecule has 6 nitrogen and oxygen atoms in total. The van der Waals surface area contributed by atoms with Gasteiger partial charge in [-0.1, -0.05) is 0 Å². The lowest BCUT2D eigenvalue weighted by Gasteiger charge is -2.30. The van der Waals surface area contributed by atoms with Gasteiger partial charge in [-0.25, -0.2) is 4.98 Å².